The second-order valence-corrected chi connectivity index (χ2v) is 5.61. The molecule has 0 saturated carbocycles. The van der Waals surface area contributed by atoms with Gasteiger partial charge in [0.05, 0.1) is 0 Å². The summed E-state index contributed by atoms with van der Waals surface area (Å²) in [4.78, 5) is 12.4. The van der Waals surface area contributed by atoms with Crippen molar-refractivity contribution < 1.29 is 4.79 Å². The maximum absolute atomic E-state index is 12.4. The fraction of sp³-hybridized carbons (Fsp3) is 0.278. The second kappa shape index (κ2) is 6.10. The zero-order chi connectivity index (χ0) is 14.7. The largest absolute Gasteiger partial charge is 0.325 e. The molecule has 1 unspecified atom stereocenters. The highest BCUT2D eigenvalue weighted by Gasteiger charge is 2.28. The third kappa shape index (κ3) is 2.98. The molecule has 0 bridgehead atoms. The van der Waals surface area contributed by atoms with Crippen LogP contribution in [0.2, 0.25) is 0 Å². The molecule has 1 aliphatic rings. The van der Waals surface area contributed by atoms with Crippen molar-refractivity contribution in [3.05, 3.63) is 54.6 Å². The van der Waals surface area contributed by atoms with Crippen LogP contribution in [-0.2, 0) is 4.79 Å². The number of para-hydroxylation sites is 1. The van der Waals surface area contributed by atoms with Crippen molar-refractivity contribution >= 4 is 11.6 Å². The van der Waals surface area contributed by atoms with Crippen molar-refractivity contribution in [1.29, 1.82) is 0 Å². The molecule has 2 aromatic rings. The number of rotatable bonds is 4. The van der Waals surface area contributed by atoms with E-state index in [1.54, 1.807) is 0 Å². The van der Waals surface area contributed by atoms with Gasteiger partial charge in [-0.1, -0.05) is 55.5 Å². The van der Waals surface area contributed by atoms with Gasteiger partial charge < -0.3 is 10.6 Å². The van der Waals surface area contributed by atoms with Crippen LogP contribution in [0, 0.1) is 11.8 Å². The summed E-state index contributed by atoms with van der Waals surface area (Å²) in [5.74, 6) is 0.592. The first-order valence-electron chi connectivity index (χ1n) is 7.42. The molecule has 2 N–H and O–H groups in total. The molecule has 1 atom stereocenters. The topological polar surface area (TPSA) is 41.1 Å². The average Bonchev–Trinajstić information content (AvgIpc) is 2.47. The van der Waals surface area contributed by atoms with Gasteiger partial charge in [-0.15, -0.1) is 0 Å². The first kappa shape index (κ1) is 13.8. The van der Waals surface area contributed by atoms with Gasteiger partial charge >= 0.3 is 0 Å². The van der Waals surface area contributed by atoms with Gasteiger partial charge in [-0.2, -0.15) is 0 Å². The summed E-state index contributed by atoms with van der Waals surface area (Å²) in [7, 11) is 0. The van der Waals surface area contributed by atoms with Gasteiger partial charge in [-0.3, -0.25) is 4.79 Å². The summed E-state index contributed by atoms with van der Waals surface area (Å²) in [6, 6.07) is 18.1. The lowest BCUT2D eigenvalue weighted by Crippen LogP contribution is -2.48. The SMILES string of the molecule is CC(C(=O)Nc1ccccc1-c1ccccc1)C1CNC1. The van der Waals surface area contributed by atoms with Crippen LogP contribution in [-0.4, -0.2) is 19.0 Å². The highest BCUT2D eigenvalue weighted by atomic mass is 16.1. The second-order valence-electron chi connectivity index (χ2n) is 5.61. The molecule has 108 valence electrons. The van der Waals surface area contributed by atoms with Gasteiger partial charge in [0.1, 0.15) is 0 Å². The molecule has 0 aliphatic carbocycles. The Kier molecular flexibility index (Phi) is 4.02. The number of carbonyl (C=O) groups is 1. The van der Waals surface area contributed by atoms with Gasteiger partial charge in [0.25, 0.3) is 0 Å². The lowest BCUT2D eigenvalue weighted by Gasteiger charge is -2.31. The van der Waals surface area contributed by atoms with Crippen LogP contribution in [0.15, 0.2) is 54.6 Å². The van der Waals surface area contributed by atoms with E-state index in [1.807, 2.05) is 49.4 Å². The number of hydrogen-bond acceptors (Lipinski definition) is 2. The van der Waals surface area contributed by atoms with Crippen LogP contribution >= 0.6 is 0 Å². The van der Waals surface area contributed by atoms with E-state index in [1.165, 1.54) is 0 Å². The number of hydrogen-bond donors (Lipinski definition) is 2. The van der Waals surface area contributed by atoms with E-state index in [-0.39, 0.29) is 11.8 Å². The molecule has 0 spiro atoms. The predicted octanol–water partition coefficient (Wildman–Crippen LogP) is 3.15. The van der Waals surface area contributed by atoms with E-state index in [0.717, 1.165) is 29.9 Å². The predicted molar refractivity (Wildman–Crippen MR) is 86.0 cm³/mol. The smallest absolute Gasteiger partial charge is 0.227 e. The molecule has 3 rings (SSSR count). The van der Waals surface area contributed by atoms with Crippen LogP contribution in [0.1, 0.15) is 6.92 Å². The van der Waals surface area contributed by atoms with Crippen LogP contribution in [0.3, 0.4) is 0 Å². The highest BCUT2D eigenvalue weighted by Crippen LogP contribution is 2.28. The van der Waals surface area contributed by atoms with E-state index < -0.39 is 0 Å². The normalized spacial score (nSPS) is 16.0. The fourth-order valence-electron chi connectivity index (χ4n) is 2.59. The highest BCUT2D eigenvalue weighted by molar-refractivity contribution is 5.96. The number of carbonyl (C=O) groups excluding carboxylic acids is 1. The molecule has 1 amide bonds. The number of anilines is 1. The van der Waals surface area contributed by atoms with Crippen LogP contribution in [0.25, 0.3) is 11.1 Å². The summed E-state index contributed by atoms with van der Waals surface area (Å²) < 4.78 is 0. The van der Waals surface area contributed by atoms with Gasteiger partial charge in [0.15, 0.2) is 0 Å². The number of benzene rings is 2. The molecule has 1 aliphatic heterocycles. The van der Waals surface area contributed by atoms with Gasteiger partial charge in [0, 0.05) is 17.2 Å². The van der Waals surface area contributed by atoms with E-state index in [9.17, 15) is 4.79 Å². The first-order chi connectivity index (χ1) is 10.3. The average molecular weight is 280 g/mol. The molecular weight excluding hydrogens is 260 g/mol. The van der Waals surface area contributed by atoms with Gasteiger partial charge in [-0.05, 0) is 30.6 Å². The zero-order valence-corrected chi connectivity index (χ0v) is 12.2. The van der Waals surface area contributed by atoms with Crippen LogP contribution in [0.4, 0.5) is 5.69 Å². The Morgan fingerprint density at radius 2 is 1.76 bits per heavy atom. The summed E-state index contributed by atoms with van der Waals surface area (Å²) in [6.45, 7) is 3.88. The number of nitrogens with one attached hydrogen (secondary N) is 2. The van der Waals surface area contributed by atoms with Crippen molar-refractivity contribution in [3.8, 4) is 11.1 Å². The van der Waals surface area contributed by atoms with E-state index in [4.69, 9.17) is 0 Å². The molecule has 0 aromatic heterocycles. The number of amides is 1. The van der Waals surface area contributed by atoms with Crippen molar-refractivity contribution in [2.45, 2.75) is 6.92 Å². The molecular formula is C18H20N2O. The Morgan fingerprint density at radius 3 is 2.43 bits per heavy atom. The Morgan fingerprint density at radius 1 is 1.10 bits per heavy atom. The lowest BCUT2D eigenvalue weighted by atomic mass is 9.88. The Balaban J connectivity index is 1.81. The summed E-state index contributed by atoms with van der Waals surface area (Å²) >= 11 is 0. The van der Waals surface area contributed by atoms with Crippen molar-refractivity contribution in [2.24, 2.45) is 11.8 Å². The van der Waals surface area contributed by atoms with E-state index >= 15 is 0 Å². The molecule has 21 heavy (non-hydrogen) atoms. The summed E-state index contributed by atoms with van der Waals surface area (Å²) in [6.07, 6.45) is 0. The maximum Gasteiger partial charge on any atom is 0.227 e. The van der Waals surface area contributed by atoms with Crippen molar-refractivity contribution in [3.63, 3.8) is 0 Å². The minimum atomic E-state index is 0.0371. The van der Waals surface area contributed by atoms with Crippen molar-refractivity contribution in [1.82, 2.24) is 5.32 Å². The molecule has 2 aromatic carbocycles. The standard InChI is InChI=1S/C18H20N2O/c1-13(15-11-19-12-15)18(21)20-17-10-6-5-9-16(17)14-7-3-2-4-8-14/h2-10,13,15,19H,11-12H2,1H3,(H,20,21). The van der Waals surface area contributed by atoms with E-state index in [0.29, 0.717) is 5.92 Å². The molecule has 1 fully saturated rings. The minimum Gasteiger partial charge on any atom is -0.325 e. The Labute approximate surface area is 125 Å². The molecule has 0 radical (unpaired) electrons. The third-order valence-electron chi connectivity index (χ3n) is 4.20. The van der Waals surface area contributed by atoms with Crippen molar-refractivity contribution in [2.75, 3.05) is 18.4 Å². The Bertz CT molecular complexity index is 620. The van der Waals surface area contributed by atoms with Gasteiger partial charge in [-0.25, -0.2) is 0 Å². The maximum atomic E-state index is 12.4. The molecule has 1 heterocycles. The molecule has 3 nitrogen and oxygen atoms in total. The van der Waals surface area contributed by atoms with Crippen LogP contribution < -0.4 is 10.6 Å². The van der Waals surface area contributed by atoms with Gasteiger partial charge in [0.2, 0.25) is 5.91 Å². The zero-order valence-electron chi connectivity index (χ0n) is 12.2. The fourth-order valence-corrected chi connectivity index (χ4v) is 2.59. The molecule has 1 saturated heterocycles. The molecule has 3 heteroatoms. The quantitative estimate of drug-likeness (QED) is 0.903. The van der Waals surface area contributed by atoms with Crippen LogP contribution in [0.5, 0.6) is 0 Å². The monoisotopic (exact) mass is 280 g/mol. The summed E-state index contributed by atoms with van der Waals surface area (Å²) in [5, 5.41) is 6.31. The van der Waals surface area contributed by atoms with E-state index in [2.05, 4.69) is 22.8 Å². The lowest BCUT2D eigenvalue weighted by molar-refractivity contribution is -0.121. The summed E-state index contributed by atoms with van der Waals surface area (Å²) in [5.41, 5.74) is 3.06. The minimum absolute atomic E-state index is 0.0371. The third-order valence-corrected chi connectivity index (χ3v) is 4.20. The first-order valence-corrected chi connectivity index (χ1v) is 7.42. The Hall–Kier alpha value is -2.13.